The first kappa shape index (κ1) is 14.6. The van der Waals surface area contributed by atoms with Gasteiger partial charge in [0, 0.05) is 12.2 Å². The van der Waals surface area contributed by atoms with Gasteiger partial charge in [0.15, 0.2) is 0 Å². The van der Waals surface area contributed by atoms with E-state index in [0.29, 0.717) is 11.6 Å². The number of aliphatic carboxylic acids is 1. The third-order valence-electron chi connectivity index (χ3n) is 4.06. The summed E-state index contributed by atoms with van der Waals surface area (Å²) in [7, 11) is 0. The molecule has 0 bridgehead atoms. The molecule has 2 atom stereocenters. The average Bonchev–Trinajstić information content (AvgIpc) is 2.86. The van der Waals surface area contributed by atoms with E-state index in [0.717, 1.165) is 25.7 Å². The number of hydrogen-bond donors (Lipinski definition) is 2. The summed E-state index contributed by atoms with van der Waals surface area (Å²) in [6.07, 6.45) is 7.22. The molecular weight excluding hydrogens is 256 g/mol. The first-order valence-corrected chi connectivity index (χ1v) is 7.28. The van der Waals surface area contributed by atoms with E-state index < -0.39 is 5.97 Å². The summed E-state index contributed by atoms with van der Waals surface area (Å²) in [4.78, 5) is 23.0. The molecule has 2 rings (SSSR count). The fourth-order valence-corrected chi connectivity index (χ4v) is 2.96. The van der Waals surface area contributed by atoms with Crippen molar-refractivity contribution in [3.63, 3.8) is 0 Å². The molecule has 1 aromatic heterocycles. The van der Waals surface area contributed by atoms with Crippen molar-refractivity contribution in [2.24, 2.45) is 5.92 Å². The van der Waals surface area contributed by atoms with E-state index in [2.05, 4.69) is 12.2 Å². The fraction of sp³-hybridized carbons (Fsp3) is 0.600. The second-order valence-electron chi connectivity index (χ2n) is 5.53. The monoisotopic (exact) mass is 278 g/mol. The highest BCUT2D eigenvalue weighted by atomic mass is 16.4. The molecule has 2 N–H and O–H groups in total. The third-order valence-corrected chi connectivity index (χ3v) is 4.06. The average molecular weight is 278 g/mol. The molecule has 0 radical (unpaired) electrons. The summed E-state index contributed by atoms with van der Waals surface area (Å²) in [6, 6.07) is 3.58. The molecule has 0 spiro atoms. The summed E-state index contributed by atoms with van der Waals surface area (Å²) in [6.45, 7) is 2.00. The Hall–Kier alpha value is -1.78. The second-order valence-corrected chi connectivity index (χ2v) is 5.53. The molecule has 1 fully saturated rings. The Balaban J connectivity index is 1.98. The van der Waals surface area contributed by atoms with Gasteiger partial charge in [-0.2, -0.15) is 0 Å². The smallest absolute Gasteiger partial charge is 0.323 e. The lowest BCUT2D eigenvalue weighted by Gasteiger charge is -2.29. The number of nitrogens with zero attached hydrogens (tertiary/aromatic N) is 1. The van der Waals surface area contributed by atoms with Crippen LogP contribution in [0.15, 0.2) is 18.3 Å². The third kappa shape index (κ3) is 3.62. The van der Waals surface area contributed by atoms with Gasteiger partial charge in [-0.3, -0.25) is 9.59 Å². The first-order chi connectivity index (χ1) is 9.60. The standard InChI is InChI=1S/C15H22N2O3/c1-2-11-5-3-6-12(9-11)16-15(20)13-7-4-8-17(13)10-14(18)19/h4,7-8,11-12H,2-3,5-6,9-10H2,1H3,(H,16,20)(H,18,19). The Morgan fingerprint density at radius 2 is 2.25 bits per heavy atom. The quantitative estimate of drug-likeness (QED) is 0.868. The number of nitrogens with one attached hydrogen (secondary N) is 1. The number of rotatable bonds is 5. The van der Waals surface area contributed by atoms with Crippen LogP contribution in [0.3, 0.4) is 0 Å². The molecule has 2 unspecified atom stereocenters. The molecular formula is C15H22N2O3. The van der Waals surface area contributed by atoms with Crippen molar-refractivity contribution in [1.29, 1.82) is 0 Å². The molecule has 1 aliphatic rings. The first-order valence-electron chi connectivity index (χ1n) is 7.28. The Bertz CT molecular complexity index is 481. The van der Waals surface area contributed by atoms with Crippen LogP contribution in [-0.4, -0.2) is 27.6 Å². The second kappa shape index (κ2) is 6.59. The normalized spacial score (nSPS) is 22.4. The minimum absolute atomic E-state index is 0.169. The number of aromatic nitrogens is 1. The van der Waals surface area contributed by atoms with Crippen LogP contribution in [0.5, 0.6) is 0 Å². The molecule has 1 saturated carbocycles. The Labute approximate surface area is 119 Å². The highest BCUT2D eigenvalue weighted by Gasteiger charge is 2.23. The van der Waals surface area contributed by atoms with E-state index in [1.54, 1.807) is 18.3 Å². The number of amides is 1. The minimum Gasteiger partial charge on any atom is -0.480 e. The number of hydrogen-bond acceptors (Lipinski definition) is 2. The van der Waals surface area contributed by atoms with Crippen molar-refractivity contribution in [3.05, 3.63) is 24.0 Å². The lowest BCUT2D eigenvalue weighted by atomic mass is 9.84. The number of carbonyl (C=O) groups excluding carboxylic acids is 1. The fourth-order valence-electron chi connectivity index (χ4n) is 2.96. The molecule has 110 valence electrons. The van der Waals surface area contributed by atoms with Gasteiger partial charge in [0.2, 0.25) is 0 Å². The van der Waals surface area contributed by atoms with Crippen molar-refractivity contribution in [3.8, 4) is 0 Å². The summed E-state index contributed by atoms with van der Waals surface area (Å²) in [5, 5.41) is 11.9. The van der Waals surface area contributed by atoms with Crippen LogP contribution in [0, 0.1) is 5.92 Å². The van der Waals surface area contributed by atoms with E-state index in [9.17, 15) is 9.59 Å². The van der Waals surface area contributed by atoms with Gasteiger partial charge in [0.25, 0.3) is 5.91 Å². The van der Waals surface area contributed by atoms with Crippen molar-refractivity contribution in [2.75, 3.05) is 0 Å². The Morgan fingerprint density at radius 3 is 2.95 bits per heavy atom. The van der Waals surface area contributed by atoms with Gasteiger partial charge < -0.3 is 15.0 Å². The van der Waals surface area contributed by atoms with Crippen molar-refractivity contribution < 1.29 is 14.7 Å². The predicted molar refractivity (Wildman–Crippen MR) is 75.6 cm³/mol. The largest absolute Gasteiger partial charge is 0.480 e. The molecule has 1 aromatic rings. The van der Waals surface area contributed by atoms with E-state index in [1.165, 1.54) is 11.0 Å². The van der Waals surface area contributed by atoms with Crippen LogP contribution in [0.2, 0.25) is 0 Å². The minimum atomic E-state index is -0.945. The van der Waals surface area contributed by atoms with Gasteiger partial charge in [0.1, 0.15) is 12.2 Å². The molecule has 1 aliphatic carbocycles. The van der Waals surface area contributed by atoms with Gasteiger partial charge >= 0.3 is 5.97 Å². The maximum absolute atomic E-state index is 12.2. The zero-order chi connectivity index (χ0) is 14.5. The van der Waals surface area contributed by atoms with E-state index in [-0.39, 0.29) is 18.5 Å². The summed E-state index contributed by atoms with van der Waals surface area (Å²) in [5.74, 6) is -0.420. The van der Waals surface area contributed by atoms with Crippen molar-refractivity contribution >= 4 is 11.9 Å². The molecule has 0 aromatic carbocycles. The van der Waals surface area contributed by atoms with E-state index >= 15 is 0 Å². The highest BCUT2D eigenvalue weighted by Crippen LogP contribution is 2.26. The number of carboxylic acid groups (broad SMARTS) is 1. The van der Waals surface area contributed by atoms with Crippen LogP contribution >= 0.6 is 0 Å². The van der Waals surface area contributed by atoms with Crippen LogP contribution in [0.25, 0.3) is 0 Å². The van der Waals surface area contributed by atoms with Gasteiger partial charge in [0.05, 0.1) is 0 Å². The molecule has 5 nitrogen and oxygen atoms in total. The Kier molecular flexibility index (Phi) is 4.82. The van der Waals surface area contributed by atoms with Gasteiger partial charge in [-0.1, -0.05) is 26.2 Å². The van der Waals surface area contributed by atoms with Gasteiger partial charge in [-0.05, 0) is 30.9 Å². The van der Waals surface area contributed by atoms with E-state index in [4.69, 9.17) is 5.11 Å². The van der Waals surface area contributed by atoms with Crippen LogP contribution < -0.4 is 5.32 Å². The lowest BCUT2D eigenvalue weighted by molar-refractivity contribution is -0.137. The topological polar surface area (TPSA) is 71.3 Å². The molecule has 1 amide bonds. The Morgan fingerprint density at radius 1 is 1.45 bits per heavy atom. The zero-order valence-electron chi connectivity index (χ0n) is 11.8. The predicted octanol–water partition coefficient (Wildman–Crippen LogP) is 2.27. The molecule has 0 aliphatic heterocycles. The molecule has 20 heavy (non-hydrogen) atoms. The maximum Gasteiger partial charge on any atom is 0.323 e. The van der Waals surface area contributed by atoms with Crippen molar-refractivity contribution in [1.82, 2.24) is 9.88 Å². The molecule has 1 heterocycles. The summed E-state index contributed by atoms with van der Waals surface area (Å²) < 4.78 is 1.47. The van der Waals surface area contributed by atoms with E-state index in [1.807, 2.05) is 0 Å². The van der Waals surface area contributed by atoms with Crippen LogP contribution in [0.1, 0.15) is 49.5 Å². The summed E-state index contributed by atoms with van der Waals surface area (Å²) >= 11 is 0. The molecule has 5 heteroatoms. The highest BCUT2D eigenvalue weighted by molar-refractivity contribution is 5.93. The zero-order valence-corrected chi connectivity index (χ0v) is 11.8. The number of carbonyl (C=O) groups is 2. The maximum atomic E-state index is 12.2. The SMILES string of the molecule is CCC1CCCC(NC(=O)c2cccn2CC(=O)O)C1. The molecule has 0 saturated heterocycles. The lowest BCUT2D eigenvalue weighted by Crippen LogP contribution is -2.39. The van der Waals surface area contributed by atoms with Crippen LogP contribution in [-0.2, 0) is 11.3 Å². The number of carboxylic acids is 1. The van der Waals surface area contributed by atoms with Crippen molar-refractivity contribution in [2.45, 2.75) is 51.6 Å². The van der Waals surface area contributed by atoms with Gasteiger partial charge in [-0.25, -0.2) is 0 Å². The summed E-state index contributed by atoms with van der Waals surface area (Å²) in [5.41, 5.74) is 0.422. The van der Waals surface area contributed by atoms with Gasteiger partial charge in [-0.15, -0.1) is 0 Å². The van der Waals surface area contributed by atoms with Crippen LogP contribution in [0.4, 0.5) is 0 Å².